The summed E-state index contributed by atoms with van der Waals surface area (Å²) < 4.78 is 24.9. The maximum Gasteiger partial charge on any atom is 0.174 e. The fourth-order valence-corrected chi connectivity index (χ4v) is 9.04. The van der Waals surface area contributed by atoms with E-state index in [4.69, 9.17) is 18.9 Å². The predicted octanol–water partition coefficient (Wildman–Crippen LogP) is 4.45. The Morgan fingerprint density at radius 2 is 1.78 bits per heavy atom. The van der Waals surface area contributed by atoms with Gasteiger partial charge in [-0.15, -0.1) is 0 Å². The van der Waals surface area contributed by atoms with Gasteiger partial charge in [-0.3, -0.25) is 0 Å². The van der Waals surface area contributed by atoms with Crippen LogP contribution in [0.15, 0.2) is 23.3 Å². The molecule has 0 bridgehead atoms. The Kier molecular flexibility index (Phi) is 5.60. The number of fused-ring (bicyclic) bond motifs is 6. The monoisotopic (exact) mass is 462 g/mol. The van der Waals surface area contributed by atoms with E-state index in [1.54, 1.807) is 11.1 Å². The second kappa shape index (κ2) is 8.10. The molecule has 0 amide bonds. The third-order valence-electron chi connectivity index (χ3n) is 9.76. The van der Waals surface area contributed by atoms with E-state index in [0.29, 0.717) is 11.8 Å². The minimum absolute atomic E-state index is 0.0728. The predicted molar refractivity (Wildman–Crippen MR) is 124 cm³/mol. The van der Waals surface area contributed by atoms with E-state index in [-0.39, 0.29) is 29.0 Å². The highest BCUT2D eigenvalue weighted by Crippen LogP contribution is 2.68. The molecule has 0 aromatic rings. The molecule has 0 radical (unpaired) electrons. The van der Waals surface area contributed by atoms with Crippen LogP contribution in [0.5, 0.6) is 0 Å². The Morgan fingerprint density at radius 3 is 2.56 bits per heavy atom. The molecule has 6 rings (SSSR count). The Morgan fingerprint density at radius 1 is 1.00 bits per heavy atom. The standard InChI is InChI=1S/C26H38O5S/c1-23-6-4-22-20(21(23)5-7-26(23)30-14-15-31-26)3-2-19-18-25(28-12-13-29-25)9-8-24(19,22)10-16-32-17-11-27/h2,4,20-21,27H,3,5-18H2,1H3/t20-,21-,23-,24+/m0/s1. The van der Waals surface area contributed by atoms with E-state index in [0.717, 1.165) is 82.9 Å². The number of thioether (sulfide) groups is 1. The van der Waals surface area contributed by atoms with E-state index >= 15 is 0 Å². The number of ether oxygens (including phenoxy) is 4. The van der Waals surface area contributed by atoms with Crippen LogP contribution in [0.2, 0.25) is 0 Å². The Hall–Kier alpha value is -0.370. The SMILES string of the molecule is C[C@]12CC=C3[C@@H](CC=C4CC5(CC[C@@]43CCSCCO)OCCO5)[C@@H]1CCC21OCCO1. The number of hydrogen-bond donors (Lipinski definition) is 1. The maximum atomic E-state index is 9.29. The van der Waals surface area contributed by atoms with Crippen molar-refractivity contribution < 1.29 is 24.1 Å². The van der Waals surface area contributed by atoms with Crippen molar-refractivity contribution in [1.29, 1.82) is 0 Å². The minimum Gasteiger partial charge on any atom is -0.396 e. The molecule has 2 saturated carbocycles. The summed E-state index contributed by atoms with van der Waals surface area (Å²) in [4.78, 5) is 0. The van der Waals surface area contributed by atoms with Crippen molar-refractivity contribution in [3.8, 4) is 0 Å². The van der Waals surface area contributed by atoms with Crippen molar-refractivity contribution in [3.05, 3.63) is 23.3 Å². The lowest BCUT2D eigenvalue weighted by Gasteiger charge is -2.56. The lowest BCUT2D eigenvalue weighted by atomic mass is 9.50. The van der Waals surface area contributed by atoms with Crippen LogP contribution in [0.4, 0.5) is 0 Å². The molecule has 4 atom stereocenters. The van der Waals surface area contributed by atoms with Crippen LogP contribution in [-0.4, -0.2) is 61.2 Å². The van der Waals surface area contributed by atoms with Crippen LogP contribution in [0.25, 0.3) is 0 Å². The van der Waals surface area contributed by atoms with Gasteiger partial charge in [0, 0.05) is 35.8 Å². The van der Waals surface area contributed by atoms with Gasteiger partial charge in [0.15, 0.2) is 11.6 Å². The molecule has 2 spiro atoms. The molecule has 178 valence electrons. The van der Waals surface area contributed by atoms with Crippen LogP contribution >= 0.6 is 11.8 Å². The fraction of sp³-hybridized carbons (Fsp3) is 0.846. The van der Waals surface area contributed by atoms with Crippen LogP contribution in [0, 0.1) is 22.7 Å². The van der Waals surface area contributed by atoms with Gasteiger partial charge in [0.1, 0.15) is 0 Å². The van der Waals surface area contributed by atoms with Gasteiger partial charge in [-0.05, 0) is 49.7 Å². The summed E-state index contributed by atoms with van der Waals surface area (Å²) in [5.41, 5.74) is 3.47. The molecule has 4 fully saturated rings. The Balaban J connectivity index is 1.34. The third-order valence-corrected chi connectivity index (χ3v) is 10.7. The Bertz CT molecular complexity index is 796. The van der Waals surface area contributed by atoms with E-state index in [1.165, 1.54) is 6.42 Å². The van der Waals surface area contributed by atoms with Gasteiger partial charge in [-0.25, -0.2) is 0 Å². The van der Waals surface area contributed by atoms with Gasteiger partial charge in [0.05, 0.1) is 33.0 Å². The molecule has 0 unspecified atom stereocenters. The zero-order chi connectivity index (χ0) is 21.9. The molecule has 4 aliphatic carbocycles. The number of hydrogen-bond acceptors (Lipinski definition) is 6. The van der Waals surface area contributed by atoms with Crippen LogP contribution in [0.1, 0.15) is 58.3 Å². The molecule has 32 heavy (non-hydrogen) atoms. The summed E-state index contributed by atoms with van der Waals surface area (Å²) in [6.45, 7) is 5.62. The van der Waals surface area contributed by atoms with Crippen molar-refractivity contribution in [2.24, 2.45) is 22.7 Å². The lowest BCUT2D eigenvalue weighted by Crippen LogP contribution is -2.52. The van der Waals surface area contributed by atoms with E-state index in [2.05, 4.69) is 19.1 Å². The molecule has 0 aromatic heterocycles. The molecule has 2 heterocycles. The van der Waals surface area contributed by atoms with E-state index in [1.807, 2.05) is 11.8 Å². The largest absolute Gasteiger partial charge is 0.396 e. The van der Waals surface area contributed by atoms with Gasteiger partial charge in [-0.2, -0.15) is 11.8 Å². The molecule has 2 saturated heterocycles. The van der Waals surface area contributed by atoms with E-state index < -0.39 is 0 Å². The number of aliphatic hydroxyl groups is 1. The first-order chi connectivity index (χ1) is 15.6. The van der Waals surface area contributed by atoms with Crippen molar-refractivity contribution in [2.75, 3.05) is 44.5 Å². The summed E-state index contributed by atoms with van der Waals surface area (Å²) in [6.07, 6.45) is 13.8. The first-order valence-corrected chi connectivity index (χ1v) is 13.9. The van der Waals surface area contributed by atoms with Gasteiger partial charge in [-0.1, -0.05) is 30.2 Å². The van der Waals surface area contributed by atoms with Crippen molar-refractivity contribution >= 4 is 11.8 Å². The molecule has 2 aliphatic heterocycles. The first kappa shape index (κ1) is 22.1. The summed E-state index contributed by atoms with van der Waals surface area (Å²) in [6, 6.07) is 0. The normalized spacial score (nSPS) is 41.3. The minimum atomic E-state index is -0.382. The number of aliphatic hydroxyl groups excluding tert-OH is 1. The van der Waals surface area contributed by atoms with Crippen LogP contribution < -0.4 is 0 Å². The smallest absolute Gasteiger partial charge is 0.174 e. The average molecular weight is 463 g/mol. The maximum absolute atomic E-state index is 9.29. The summed E-state index contributed by atoms with van der Waals surface area (Å²) in [7, 11) is 0. The van der Waals surface area contributed by atoms with Gasteiger partial charge in [0.25, 0.3) is 0 Å². The lowest BCUT2D eigenvalue weighted by molar-refractivity contribution is -0.228. The molecule has 6 aliphatic rings. The van der Waals surface area contributed by atoms with Crippen LogP contribution in [0.3, 0.4) is 0 Å². The van der Waals surface area contributed by atoms with Crippen molar-refractivity contribution in [1.82, 2.24) is 0 Å². The van der Waals surface area contributed by atoms with Gasteiger partial charge in [0.2, 0.25) is 0 Å². The quantitative estimate of drug-likeness (QED) is 0.481. The van der Waals surface area contributed by atoms with Gasteiger partial charge >= 0.3 is 0 Å². The Labute approximate surface area is 196 Å². The third kappa shape index (κ3) is 3.09. The highest BCUT2D eigenvalue weighted by molar-refractivity contribution is 7.99. The van der Waals surface area contributed by atoms with Gasteiger partial charge < -0.3 is 24.1 Å². The summed E-state index contributed by atoms with van der Waals surface area (Å²) in [5, 5.41) is 9.29. The topological polar surface area (TPSA) is 57.2 Å². The molecular formula is C26H38O5S. The zero-order valence-corrected chi connectivity index (χ0v) is 20.2. The number of allylic oxidation sites excluding steroid dienone is 3. The molecular weight excluding hydrogens is 424 g/mol. The van der Waals surface area contributed by atoms with Crippen molar-refractivity contribution in [3.63, 3.8) is 0 Å². The second-order valence-electron chi connectivity index (χ2n) is 10.9. The molecule has 5 nitrogen and oxygen atoms in total. The highest BCUT2D eigenvalue weighted by atomic mass is 32.2. The summed E-state index contributed by atoms with van der Waals surface area (Å²) >= 11 is 1.89. The molecule has 0 aromatic carbocycles. The average Bonchev–Trinajstić information content (AvgIpc) is 3.53. The molecule has 6 heteroatoms. The first-order valence-electron chi connectivity index (χ1n) is 12.7. The highest BCUT2D eigenvalue weighted by Gasteiger charge is 2.65. The fourth-order valence-electron chi connectivity index (χ4n) is 8.21. The molecule has 1 N–H and O–H groups in total. The van der Waals surface area contributed by atoms with E-state index in [9.17, 15) is 5.11 Å². The number of rotatable bonds is 5. The van der Waals surface area contributed by atoms with Crippen molar-refractivity contribution in [2.45, 2.75) is 69.9 Å². The summed E-state index contributed by atoms with van der Waals surface area (Å²) in [5.74, 6) is 2.38. The second-order valence-corrected chi connectivity index (χ2v) is 12.1. The zero-order valence-electron chi connectivity index (χ0n) is 19.4. The van der Waals surface area contributed by atoms with Crippen LogP contribution in [-0.2, 0) is 18.9 Å².